The van der Waals surface area contributed by atoms with Crippen LogP contribution in [0.15, 0.2) is 34.3 Å². The fraction of sp³-hybridized carbons (Fsp3) is 0.500. The van der Waals surface area contributed by atoms with Crippen molar-refractivity contribution in [3.63, 3.8) is 0 Å². The van der Waals surface area contributed by atoms with Crippen LogP contribution < -0.4 is 16.8 Å². The third kappa shape index (κ3) is 3.13. The van der Waals surface area contributed by atoms with Gasteiger partial charge in [-0.05, 0) is 24.3 Å². The lowest BCUT2D eigenvalue weighted by molar-refractivity contribution is -0.137. The Kier molecular flexibility index (Phi) is 5.18. The maximum atomic E-state index is 12.8. The number of alkyl halides is 3. The molecule has 0 bridgehead atoms. The molecule has 4 rings (SSSR count). The van der Waals surface area contributed by atoms with E-state index in [0.29, 0.717) is 0 Å². The van der Waals surface area contributed by atoms with Gasteiger partial charge in [-0.3, -0.25) is 0 Å². The number of ether oxygens (including phenoxy) is 1. The standard InChI is InChI=1S/C18H21F3N6O5/c19-18(20,21)8-3-1-7(2-4-8)14(31)32-11-10(6-29)27-16(23)24-9(5-28)12-17(27,13(11)30)26-15(22)25-12/h1-4,9-13,28-30H,5-6H2,(H2,23,24)(H3,22,25,26)/t9-,10?,11-,12?,13+,17?/m0/s1. The van der Waals surface area contributed by atoms with Crippen LogP contribution in [0, 0.1) is 0 Å². The first-order valence-corrected chi connectivity index (χ1v) is 9.56. The summed E-state index contributed by atoms with van der Waals surface area (Å²) in [5, 5.41) is 33.7. The lowest BCUT2D eigenvalue weighted by Gasteiger charge is -2.47. The van der Waals surface area contributed by atoms with Crippen molar-refractivity contribution in [1.29, 1.82) is 0 Å². The van der Waals surface area contributed by atoms with Gasteiger partial charge in [0.25, 0.3) is 0 Å². The number of aliphatic hydroxyl groups is 3. The molecule has 0 radical (unpaired) electrons. The fourth-order valence-corrected chi connectivity index (χ4v) is 4.53. The molecule has 1 aromatic rings. The molecule has 0 amide bonds. The predicted molar refractivity (Wildman–Crippen MR) is 103 cm³/mol. The van der Waals surface area contributed by atoms with E-state index < -0.39 is 66.9 Å². The number of benzene rings is 1. The number of hydrogen-bond donors (Lipinski definition) is 6. The van der Waals surface area contributed by atoms with E-state index in [0.717, 1.165) is 24.3 Å². The van der Waals surface area contributed by atoms with Gasteiger partial charge in [-0.1, -0.05) is 0 Å². The van der Waals surface area contributed by atoms with Crippen molar-refractivity contribution in [2.45, 2.75) is 42.2 Å². The maximum Gasteiger partial charge on any atom is 0.416 e. The number of aliphatic hydroxyl groups excluding tert-OH is 3. The zero-order valence-electron chi connectivity index (χ0n) is 16.4. The summed E-state index contributed by atoms with van der Waals surface area (Å²) in [5.41, 5.74) is 9.16. The first-order chi connectivity index (χ1) is 15.0. The van der Waals surface area contributed by atoms with Gasteiger partial charge < -0.3 is 41.7 Å². The van der Waals surface area contributed by atoms with Crippen molar-refractivity contribution >= 4 is 17.9 Å². The fourth-order valence-electron chi connectivity index (χ4n) is 4.53. The molecule has 0 aliphatic carbocycles. The van der Waals surface area contributed by atoms with Crippen LogP contribution in [-0.4, -0.2) is 87.3 Å². The van der Waals surface area contributed by atoms with Gasteiger partial charge in [0, 0.05) is 0 Å². The number of nitrogens with one attached hydrogen (secondary N) is 1. The van der Waals surface area contributed by atoms with Gasteiger partial charge in [-0.2, -0.15) is 13.2 Å². The lowest BCUT2D eigenvalue weighted by Crippen LogP contribution is -2.73. The quantitative estimate of drug-likeness (QED) is 0.277. The highest BCUT2D eigenvalue weighted by Crippen LogP contribution is 2.44. The van der Waals surface area contributed by atoms with E-state index in [1.807, 2.05) is 0 Å². The number of aliphatic imine (C=N–C) groups is 2. The highest BCUT2D eigenvalue weighted by molar-refractivity contribution is 5.90. The molecule has 3 heterocycles. The Labute approximate surface area is 179 Å². The van der Waals surface area contributed by atoms with E-state index in [1.54, 1.807) is 0 Å². The van der Waals surface area contributed by atoms with Crippen LogP contribution in [0.4, 0.5) is 13.2 Å². The molecule has 1 spiro atoms. The van der Waals surface area contributed by atoms with E-state index in [4.69, 9.17) is 16.2 Å². The second kappa shape index (κ2) is 7.50. The number of nitrogens with two attached hydrogens (primary N) is 2. The van der Waals surface area contributed by atoms with Gasteiger partial charge in [0.1, 0.15) is 18.2 Å². The largest absolute Gasteiger partial charge is 0.454 e. The molecule has 6 atom stereocenters. The third-order valence-corrected chi connectivity index (χ3v) is 5.90. The minimum absolute atomic E-state index is 0.0752. The minimum Gasteiger partial charge on any atom is -0.454 e. The number of nitrogens with zero attached hydrogens (tertiary/aromatic N) is 3. The molecule has 3 unspecified atom stereocenters. The minimum atomic E-state index is -4.57. The average Bonchev–Trinajstić information content (AvgIpc) is 3.21. The Morgan fingerprint density at radius 2 is 1.84 bits per heavy atom. The van der Waals surface area contributed by atoms with Gasteiger partial charge in [-0.25, -0.2) is 14.8 Å². The normalized spacial score (nSPS) is 33.7. The summed E-state index contributed by atoms with van der Waals surface area (Å²) in [6.07, 6.45) is -7.50. The monoisotopic (exact) mass is 458 g/mol. The summed E-state index contributed by atoms with van der Waals surface area (Å²) in [4.78, 5) is 22.3. The summed E-state index contributed by atoms with van der Waals surface area (Å²) in [6, 6.07) is 0.488. The number of hydrogen-bond acceptors (Lipinski definition) is 11. The van der Waals surface area contributed by atoms with E-state index in [1.165, 1.54) is 4.90 Å². The molecular weight excluding hydrogens is 437 g/mol. The second-order valence-corrected chi connectivity index (χ2v) is 7.66. The molecule has 174 valence electrons. The van der Waals surface area contributed by atoms with E-state index in [9.17, 15) is 33.3 Å². The van der Waals surface area contributed by atoms with Gasteiger partial charge in [-0.15, -0.1) is 0 Å². The lowest BCUT2D eigenvalue weighted by atomic mass is 9.88. The van der Waals surface area contributed by atoms with E-state index >= 15 is 0 Å². The Balaban J connectivity index is 1.65. The van der Waals surface area contributed by atoms with Gasteiger partial charge in [0.05, 0.1) is 30.4 Å². The summed E-state index contributed by atoms with van der Waals surface area (Å²) in [6.45, 7) is -1.09. The molecular formula is C18H21F3N6O5. The van der Waals surface area contributed by atoms with Crippen molar-refractivity contribution in [3.8, 4) is 0 Å². The predicted octanol–water partition coefficient (Wildman–Crippen LogP) is -2.06. The Bertz CT molecular complexity index is 971. The van der Waals surface area contributed by atoms with E-state index in [2.05, 4.69) is 15.3 Å². The second-order valence-electron chi connectivity index (χ2n) is 7.66. The summed E-state index contributed by atoms with van der Waals surface area (Å²) in [5.74, 6) is -1.24. The number of guanidine groups is 2. The Hall–Kier alpha value is -3.10. The maximum absolute atomic E-state index is 12.8. The number of esters is 1. The SMILES string of the molecule is NC1=NC2[C@H](CO)N=C(N)N3C(CO)[C@H](OC(=O)c4ccc(C(F)(F)F)cc4)[C@@H](O)C23N1. The molecule has 8 N–H and O–H groups in total. The molecule has 0 saturated carbocycles. The van der Waals surface area contributed by atoms with Crippen molar-refractivity contribution in [2.75, 3.05) is 13.2 Å². The first-order valence-electron chi connectivity index (χ1n) is 9.56. The molecule has 3 aliphatic heterocycles. The van der Waals surface area contributed by atoms with Crippen molar-refractivity contribution in [3.05, 3.63) is 35.4 Å². The first kappa shape index (κ1) is 22.1. The van der Waals surface area contributed by atoms with Gasteiger partial charge in [0.2, 0.25) is 0 Å². The molecule has 32 heavy (non-hydrogen) atoms. The molecule has 11 nitrogen and oxygen atoms in total. The van der Waals surface area contributed by atoms with Crippen LogP contribution in [0.3, 0.4) is 0 Å². The zero-order valence-corrected chi connectivity index (χ0v) is 16.4. The van der Waals surface area contributed by atoms with Crippen LogP contribution >= 0.6 is 0 Å². The third-order valence-electron chi connectivity index (χ3n) is 5.90. The Morgan fingerprint density at radius 3 is 2.41 bits per heavy atom. The zero-order chi connectivity index (χ0) is 23.4. The van der Waals surface area contributed by atoms with Crippen molar-refractivity contribution < 1.29 is 38.0 Å². The van der Waals surface area contributed by atoms with E-state index in [-0.39, 0.29) is 17.5 Å². The van der Waals surface area contributed by atoms with Gasteiger partial charge >= 0.3 is 12.1 Å². The number of carbonyl (C=O) groups is 1. The smallest absolute Gasteiger partial charge is 0.416 e. The van der Waals surface area contributed by atoms with Crippen LogP contribution in [0.25, 0.3) is 0 Å². The number of halogens is 3. The van der Waals surface area contributed by atoms with Crippen LogP contribution in [0.1, 0.15) is 15.9 Å². The molecule has 0 aromatic heterocycles. The molecule has 3 aliphatic rings. The highest BCUT2D eigenvalue weighted by atomic mass is 19.4. The number of rotatable bonds is 4. The topological polar surface area (TPSA) is 179 Å². The molecule has 14 heteroatoms. The molecule has 1 fully saturated rings. The molecule has 1 aromatic carbocycles. The molecule has 1 saturated heterocycles. The highest BCUT2D eigenvalue weighted by Gasteiger charge is 2.69. The summed E-state index contributed by atoms with van der Waals surface area (Å²) >= 11 is 0. The Morgan fingerprint density at radius 1 is 1.19 bits per heavy atom. The van der Waals surface area contributed by atoms with Crippen LogP contribution in [0.2, 0.25) is 0 Å². The number of carbonyl (C=O) groups excluding carboxylic acids is 1. The summed E-state index contributed by atoms with van der Waals surface area (Å²) < 4.78 is 43.7. The van der Waals surface area contributed by atoms with Crippen molar-refractivity contribution in [2.24, 2.45) is 21.5 Å². The average molecular weight is 458 g/mol. The summed E-state index contributed by atoms with van der Waals surface area (Å²) in [7, 11) is 0. The van der Waals surface area contributed by atoms with Crippen LogP contribution in [-0.2, 0) is 10.9 Å². The van der Waals surface area contributed by atoms with Crippen molar-refractivity contribution in [1.82, 2.24) is 10.2 Å². The van der Waals surface area contributed by atoms with Crippen LogP contribution in [0.5, 0.6) is 0 Å². The van der Waals surface area contributed by atoms with Gasteiger partial charge in [0.15, 0.2) is 23.7 Å².